The van der Waals surface area contributed by atoms with E-state index in [1.165, 1.54) is 0 Å². The van der Waals surface area contributed by atoms with Crippen molar-refractivity contribution in [3.63, 3.8) is 0 Å². The molecule has 1 heterocycles. The first kappa shape index (κ1) is 29.5. The second-order valence-corrected chi connectivity index (χ2v) is 6.72. The van der Waals surface area contributed by atoms with E-state index in [1.54, 1.807) is 0 Å². The summed E-state index contributed by atoms with van der Waals surface area (Å²) in [4.78, 5) is 51.6. The second-order valence-electron chi connectivity index (χ2n) is 6.72. The van der Waals surface area contributed by atoms with Crippen LogP contribution < -0.4 is 0 Å². The van der Waals surface area contributed by atoms with Crippen molar-refractivity contribution < 1.29 is 27.5 Å². The molecule has 0 amide bonds. The third kappa shape index (κ3) is 19.1. The van der Waals surface area contributed by atoms with Crippen LogP contribution in [0.5, 0.6) is 0 Å². The number of nitrogens with zero attached hydrogens (tertiary/aromatic N) is 3. The van der Waals surface area contributed by atoms with Gasteiger partial charge in [-0.25, -0.2) is 0 Å². The van der Waals surface area contributed by atoms with Crippen LogP contribution in [0.25, 0.3) is 0 Å². The van der Waals surface area contributed by atoms with Crippen molar-refractivity contribution in [1.29, 1.82) is 0 Å². The maximum atomic E-state index is 12.1. The Morgan fingerprint density at radius 1 is 0.846 bits per heavy atom. The number of carbonyl (C=O) groups is 1. The van der Waals surface area contributed by atoms with Gasteiger partial charge in [-0.2, -0.15) is 19.2 Å². The minimum atomic E-state index is -0.226. The summed E-state index contributed by atoms with van der Waals surface area (Å²) in [6.07, 6.45) is 0.500. The van der Waals surface area contributed by atoms with Crippen LogP contribution in [0.4, 0.5) is 3.52 Å². The number of halogens is 1. The summed E-state index contributed by atoms with van der Waals surface area (Å²) >= 11 is 0.917. The normalized spacial score (nSPS) is 16.3. The van der Waals surface area contributed by atoms with Crippen LogP contribution in [0.3, 0.4) is 0 Å². The maximum absolute atomic E-state index is 12.1. The monoisotopic (exact) mass is 388 g/mol. The molecule has 146 valence electrons. The molecule has 8 nitrogen and oxygen atoms in total. The molecule has 0 atom stereocenters. The second kappa shape index (κ2) is 18.6. The van der Waals surface area contributed by atoms with Gasteiger partial charge in [-0.3, -0.25) is 9.69 Å². The van der Waals surface area contributed by atoms with Crippen LogP contribution in [0.2, 0.25) is 0 Å². The number of ketones is 1. The van der Waals surface area contributed by atoms with Gasteiger partial charge in [-0.15, -0.1) is 0 Å². The molecule has 0 bridgehead atoms. The molecule has 1 fully saturated rings. The Morgan fingerprint density at radius 2 is 1.12 bits per heavy atom. The molecule has 1 saturated heterocycles. The number of Topliss-reactive ketones (excluding diaryl/α,β-unsaturated/α-hetero) is 1. The predicted octanol–water partition coefficient (Wildman–Crippen LogP) is -0.347. The Labute approximate surface area is 163 Å². The average Bonchev–Trinajstić information content (AvgIpc) is 2.64. The van der Waals surface area contributed by atoms with Crippen LogP contribution >= 0.6 is 0 Å². The third-order valence-corrected chi connectivity index (χ3v) is 3.66. The molecular formula is C16H29AlFN3O5+2. The van der Waals surface area contributed by atoms with Gasteiger partial charge in [0.15, 0.2) is 5.78 Å². The molecule has 0 radical (unpaired) electrons. The third-order valence-electron chi connectivity index (χ3n) is 3.66. The quantitative estimate of drug-likeness (QED) is 0.593. The minimum absolute atomic E-state index is 0.226. The Kier molecular flexibility index (Phi) is 21.1. The van der Waals surface area contributed by atoms with Gasteiger partial charge in [0.25, 0.3) is 0 Å². The molecule has 0 aromatic heterocycles. The fourth-order valence-corrected chi connectivity index (χ4v) is 1.90. The van der Waals surface area contributed by atoms with Crippen LogP contribution in [0, 0.1) is 5.41 Å². The molecule has 0 saturated carbocycles. The van der Waals surface area contributed by atoms with Crippen molar-refractivity contribution in [3.8, 4) is 0 Å². The van der Waals surface area contributed by atoms with Gasteiger partial charge in [0.05, 0.1) is 6.54 Å². The molecular weight excluding hydrogens is 359 g/mol. The molecule has 1 aliphatic heterocycles. The van der Waals surface area contributed by atoms with Gasteiger partial charge >= 0.3 is 32.6 Å². The standard InChI is InChI=1S/C14H29N3O.2CO2.Al.FH/c1-14(2,3)13(18)12-17-10-8-15(4)6-7-16(5)9-11-17;2*2-1-3;;/h6-12H2,1-5H3;;;;1H/q;;;+3;/p-1/i;;;;1-1. The van der Waals surface area contributed by atoms with Gasteiger partial charge in [0.2, 0.25) is 0 Å². The van der Waals surface area contributed by atoms with Crippen molar-refractivity contribution in [3.05, 3.63) is 0 Å². The summed E-state index contributed by atoms with van der Waals surface area (Å²) in [5, 5.41) is 0. The topological polar surface area (TPSA) is 95.1 Å². The van der Waals surface area contributed by atoms with Crippen LogP contribution in [0.15, 0.2) is 0 Å². The zero-order chi connectivity index (χ0) is 21.2. The number of hydrogen-bond acceptors (Lipinski definition) is 8. The summed E-state index contributed by atoms with van der Waals surface area (Å²) in [6.45, 7) is 12.9. The van der Waals surface area contributed by atoms with Crippen molar-refractivity contribution in [2.75, 3.05) is 59.9 Å². The Balaban J connectivity index is -0.000000567. The fourth-order valence-electron chi connectivity index (χ4n) is 1.90. The molecule has 26 heavy (non-hydrogen) atoms. The van der Waals surface area contributed by atoms with Crippen molar-refractivity contribution in [2.45, 2.75) is 20.8 Å². The molecule has 10 heteroatoms. The number of hydrogen-bond donors (Lipinski definition) is 0. The summed E-state index contributed by atoms with van der Waals surface area (Å²) < 4.78 is 9.42. The van der Waals surface area contributed by atoms with Gasteiger partial charge in [-0.05, 0) is 14.1 Å². The van der Waals surface area contributed by atoms with Crippen molar-refractivity contribution in [1.82, 2.24) is 14.7 Å². The Hall–Kier alpha value is -1.23. The van der Waals surface area contributed by atoms with E-state index >= 15 is 0 Å². The SMILES string of the molecule is CN1CCN(C)CCN(CC(=O)C(C)(C)C)CC1.O=C=O.O=C=O.[18F][Al+2]. The van der Waals surface area contributed by atoms with E-state index in [4.69, 9.17) is 19.2 Å². The zero-order valence-corrected chi connectivity index (χ0v) is 17.4. The van der Waals surface area contributed by atoms with Crippen molar-refractivity contribution in [2.24, 2.45) is 5.41 Å². The molecule has 0 unspecified atom stereocenters. The Morgan fingerprint density at radius 3 is 1.38 bits per heavy atom. The molecule has 0 aromatic carbocycles. The van der Waals surface area contributed by atoms with Gasteiger partial charge in [-0.1, -0.05) is 20.8 Å². The van der Waals surface area contributed by atoms with Crippen molar-refractivity contribution >= 4 is 34.8 Å². The summed E-state index contributed by atoms with van der Waals surface area (Å²) in [5.41, 5.74) is -0.226. The van der Waals surface area contributed by atoms with E-state index < -0.39 is 0 Å². The number of rotatable bonds is 2. The fraction of sp³-hybridized carbons (Fsp3) is 0.812. The van der Waals surface area contributed by atoms with E-state index in [2.05, 4.69) is 28.8 Å². The van der Waals surface area contributed by atoms with E-state index in [9.17, 15) is 8.32 Å². The first-order chi connectivity index (χ1) is 12.1. The van der Waals surface area contributed by atoms with Gasteiger partial charge < -0.3 is 9.80 Å². The molecule has 0 aliphatic carbocycles. The van der Waals surface area contributed by atoms with Crippen LogP contribution in [-0.2, 0) is 24.0 Å². The number of likely N-dealkylation sites (N-methyl/N-ethyl adjacent to an activating group) is 2. The van der Waals surface area contributed by atoms with Crippen LogP contribution in [-0.4, -0.2) is 109 Å². The van der Waals surface area contributed by atoms with E-state index in [1.807, 2.05) is 20.8 Å². The molecule has 1 rings (SSSR count). The molecule has 1 aliphatic rings. The van der Waals surface area contributed by atoms with E-state index in [-0.39, 0.29) is 17.7 Å². The number of carbonyl (C=O) groups excluding carboxylic acids is 5. The molecule has 0 spiro atoms. The molecule has 0 aromatic rings. The average molecular weight is 388 g/mol. The summed E-state index contributed by atoms with van der Waals surface area (Å²) in [5.74, 6) is 0.340. The van der Waals surface area contributed by atoms with E-state index in [0.29, 0.717) is 12.3 Å². The van der Waals surface area contributed by atoms with Crippen LogP contribution in [0.1, 0.15) is 20.8 Å². The van der Waals surface area contributed by atoms with Gasteiger partial charge in [0.1, 0.15) is 0 Å². The first-order valence-electron chi connectivity index (χ1n) is 7.95. The molecule has 0 N–H and O–H groups in total. The summed E-state index contributed by atoms with van der Waals surface area (Å²) in [6, 6.07) is 0. The first-order valence-corrected chi connectivity index (χ1v) is 8.39. The van der Waals surface area contributed by atoms with E-state index in [0.717, 1.165) is 56.0 Å². The zero-order valence-electron chi connectivity index (χ0n) is 16.3. The Bertz CT molecular complexity index is 408. The van der Waals surface area contributed by atoms with Gasteiger partial charge in [0, 0.05) is 44.7 Å². The summed E-state index contributed by atoms with van der Waals surface area (Å²) in [7, 11) is 4.31. The predicted molar refractivity (Wildman–Crippen MR) is 92.8 cm³/mol.